The molecule has 0 spiro atoms. The van der Waals surface area contributed by atoms with Gasteiger partial charge in [0.2, 0.25) is 0 Å². The Labute approximate surface area is 88.3 Å². The van der Waals surface area contributed by atoms with Crippen LogP contribution in [0.3, 0.4) is 0 Å². The summed E-state index contributed by atoms with van der Waals surface area (Å²) < 4.78 is 0. The minimum atomic E-state index is 0.296. The summed E-state index contributed by atoms with van der Waals surface area (Å²) in [6.45, 7) is 11.1. The molecule has 1 heteroatoms. The molecule has 1 aliphatic carbocycles. The minimum absolute atomic E-state index is 0.296. The van der Waals surface area contributed by atoms with Crippen molar-refractivity contribution in [3.8, 4) is 0 Å². The Morgan fingerprint density at radius 2 is 1.71 bits per heavy atom. The summed E-state index contributed by atoms with van der Waals surface area (Å²) in [5.41, 5.74) is 0. The monoisotopic (exact) mass is 196 g/mol. The van der Waals surface area contributed by atoms with Gasteiger partial charge in [-0.2, -0.15) is 0 Å². The van der Waals surface area contributed by atoms with Crippen molar-refractivity contribution in [3.05, 3.63) is 0 Å². The molecule has 3 unspecified atom stereocenters. The lowest BCUT2D eigenvalue weighted by atomic mass is 9.67. The number of Topliss-reactive ketones (excluding diaryl/α,β-unsaturated/α-hetero) is 1. The quantitative estimate of drug-likeness (QED) is 0.660. The summed E-state index contributed by atoms with van der Waals surface area (Å²) in [5, 5.41) is 0. The highest BCUT2D eigenvalue weighted by Crippen LogP contribution is 2.38. The molecule has 1 aliphatic rings. The maximum Gasteiger partial charge on any atom is 0.136 e. The number of ketones is 1. The standard InChI is InChI=1S/C13H24O/c1-8(2)11-6-12(9(3)4)10(5)13(14)7-11/h8-12H,6-7H2,1-5H3. The molecule has 0 N–H and O–H groups in total. The van der Waals surface area contributed by atoms with Gasteiger partial charge in [-0.3, -0.25) is 4.79 Å². The summed E-state index contributed by atoms with van der Waals surface area (Å²) >= 11 is 0. The van der Waals surface area contributed by atoms with Crippen LogP contribution in [0.15, 0.2) is 0 Å². The van der Waals surface area contributed by atoms with E-state index in [0.29, 0.717) is 35.4 Å². The van der Waals surface area contributed by atoms with Crippen LogP contribution >= 0.6 is 0 Å². The average Bonchev–Trinajstić information content (AvgIpc) is 2.08. The van der Waals surface area contributed by atoms with Gasteiger partial charge in [-0.05, 0) is 30.1 Å². The molecule has 0 aromatic heterocycles. The Balaban J connectivity index is 2.71. The van der Waals surface area contributed by atoms with Gasteiger partial charge in [0, 0.05) is 12.3 Å². The van der Waals surface area contributed by atoms with Gasteiger partial charge in [-0.1, -0.05) is 34.6 Å². The molecule has 82 valence electrons. The van der Waals surface area contributed by atoms with Crippen molar-refractivity contribution in [3.63, 3.8) is 0 Å². The molecule has 1 fully saturated rings. The van der Waals surface area contributed by atoms with Crippen LogP contribution in [0.5, 0.6) is 0 Å². The van der Waals surface area contributed by atoms with Crippen molar-refractivity contribution < 1.29 is 4.79 Å². The first-order chi connectivity index (χ1) is 6.43. The summed E-state index contributed by atoms with van der Waals surface area (Å²) in [5.74, 6) is 3.34. The van der Waals surface area contributed by atoms with Crippen LogP contribution in [-0.4, -0.2) is 5.78 Å². The van der Waals surface area contributed by atoms with Crippen molar-refractivity contribution >= 4 is 5.78 Å². The predicted octanol–water partition coefficient (Wildman–Crippen LogP) is 3.53. The van der Waals surface area contributed by atoms with E-state index in [9.17, 15) is 4.79 Å². The molecule has 0 saturated heterocycles. The lowest BCUT2D eigenvalue weighted by Gasteiger charge is -2.37. The third-order valence-corrected chi connectivity index (χ3v) is 3.99. The van der Waals surface area contributed by atoms with Crippen molar-refractivity contribution in [2.75, 3.05) is 0 Å². The Morgan fingerprint density at radius 3 is 2.14 bits per heavy atom. The van der Waals surface area contributed by atoms with E-state index in [1.807, 2.05) is 0 Å². The van der Waals surface area contributed by atoms with Gasteiger partial charge in [0.25, 0.3) is 0 Å². The van der Waals surface area contributed by atoms with E-state index in [4.69, 9.17) is 0 Å². The molecule has 0 aromatic rings. The van der Waals surface area contributed by atoms with E-state index >= 15 is 0 Å². The molecule has 1 nitrogen and oxygen atoms in total. The largest absolute Gasteiger partial charge is 0.299 e. The van der Waals surface area contributed by atoms with Crippen LogP contribution in [-0.2, 0) is 4.79 Å². The molecule has 0 radical (unpaired) electrons. The predicted molar refractivity (Wildman–Crippen MR) is 60.1 cm³/mol. The van der Waals surface area contributed by atoms with Crippen LogP contribution in [0.2, 0.25) is 0 Å². The molecule has 0 amide bonds. The Kier molecular flexibility index (Phi) is 3.74. The molecule has 14 heavy (non-hydrogen) atoms. The number of hydrogen-bond acceptors (Lipinski definition) is 1. The molecular formula is C13H24O. The van der Waals surface area contributed by atoms with Gasteiger partial charge >= 0.3 is 0 Å². The van der Waals surface area contributed by atoms with Crippen LogP contribution < -0.4 is 0 Å². The smallest absolute Gasteiger partial charge is 0.136 e. The van der Waals surface area contributed by atoms with Crippen molar-refractivity contribution in [1.82, 2.24) is 0 Å². The fourth-order valence-electron chi connectivity index (χ4n) is 2.68. The SMILES string of the molecule is CC(C)C1CC(=O)C(C)C(C(C)C)C1. The van der Waals surface area contributed by atoms with Crippen molar-refractivity contribution in [1.29, 1.82) is 0 Å². The molecule has 0 bridgehead atoms. The molecular weight excluding hydrogens is 172 g/mol. The third-order valence-electron chi connectivity index (χ3n) is 3.99. The molecule has 0 aliphatic heterocycles. The zero-order valence-corrected chi connectivity index (χ0v) is 10.2. The Hall–Kier alpha value is -0.330. The molecule has 3 atom stereocenters. The second-order valence-electron chi connectivity index (χ2n) is 5.61. The number of carbonyl (C=O) groups is 1. The van der Waals surface area contributed by atoms with Gasteiger partial charge in [0.05, 0.1) is 0 Å². The number of hydrogen-bond donors (Lipinski definition) is 0. The van der Waals surface area contributed by atoms with Crippen LogP contribution in [0.1, 0.15) is 47.5 Å². The van der Waals surface area contributed by atoms with E-state index in [0.717, 1.165) is 6.42 Å². The van der Waals surface area contributed by atoms with E-state index < -0.39 is 0 Å². The van der Waals surface area contributed by atoms with E-state index in [2.05, 4.69) is 34.6 Å². The zero-order valence-electron chi connectivity index (χ0n) is 10.2. The van der Waals surface area contributed by atoms with Crippen LogP contribution in [0.4, 0.5) is 0 Å². The second kappa shape index (κ2) is 4.46. The minimum Gasteiger partial charge on any atom is -0.299 e. The lowest BCUT2D eigenvalue weighted by molar-refractivity contribution is -0.129. The maximum atomic E-state index is 11.8. The maximum absolute atomic E-state index is 11.8. The molecule has 0 aromatic carbocycles. The first-order valence-electron chi connectivity index (χ1n) is 5.96. The van der Waals surface area contributed by atoms with Gasteiger partial charge in [-0.25, -0.2) is 0 Å². The van der Waals surface area contributed by atoms with Crippen molar-refractivity contribution in [2.24, 2.45) is 29.6 Å². The second-order valence-corrected chi connectivity index (χ2v) is 5.61. The van der Waals surface area contributed by atoms with E-state index in [1.165, 1.54) is 6.42 Å². The highest BCUT2D eigenvalue weighted by atomic mass is 16.1. The summed E-state index contributed by atoms with van der Waals surface area (Å²) in [6, 6.07) is 0. The fourth-order valence-corrected chi connectivity index (χ4v) is 2.68. The molecule has 1 rings (SSSR count). The van der Waals surface area contributed by atoms with Gasteiger partial charge < -0.3 is 0 Å². The highest BCUT2D eigenvalue weighted by Gasteiger charge is 2.36. The van der Waals surface area contributed by atoms with E-state index in [1.54, 1.807) is 0 Å². The topological polar surface area (TPSA) is 17.1 Å². The average molecular weight is 196 g/mol. The Morgan fingerprint density at radius 1 is 1.14 bits per heavy atom. The van der Waals surface area contributed by atoms with Gasteiger partial charge in [0.1, 0.15) is 5.78 Å². The third kappa shape index (κ3) is 2.37. The first-order valence-corrected chi connectivity index (χ1v) is 5.96. The fraction of sp³-hybridized carbons (Fsp3) is 0.923. The Bertz CT molecular complexity index is 205. The number of rotatable bonds is 2. The molecule has 1 saturated carbocycles. The summed E-state index contributed by atoms with van der Waals surface area (Å²) in [4.78, 5) is 11.8. The lowest BCUT2D eigenvalue weighted by Crippen LogP contribution is -2.35. The van der Waals surface area contributed by atoms with Crippen LogP contribution in [0, 0.1) is 29.6 Å². The summed E-state index contributed by atoms with van der Waals surface area (Å²) in [7, 11) is 0. The number of carbonyl (C=O) groups excluding carboxylic acids is 1. The zero-order chi connectivity index (χ0) is 10.9. The van der Waals surface area contributed by atoms with Crippen molar-refractivity contribution in [2.45, 2.75) is 47.5 Å². The first kappa shape index (κ1) is 11.7. The highest BCUT2D eigenvalue weighted by molar-refractivity contribution is 5.82. The van der Waals surface area contributed by atoms with E-state index in [-0.39, 0.29) is 0 Å². The molecule has 0 heterocycles. The van der Waals surface area contributed by atoms with Crippen LogP contribution in [0.25, 0.3) is 0 Å². The van der Waals surface area contributed by atoms with Gasteiger partial charge in [-0.15, -0.1) is 0 Å². The summed E-state index contributed by atoms with van der Waals surface area (Å²) in [6.07, 6.45) is 2.07. The normalized spacial score (nSPS) is 34.2. The van der Waals surface area contributed by atoms with Gasteiger partial charge in [0.15, 0.2) is 0 Å².